The Bertz CT molecular complexity index is 897. The number of morpholine rings is 1. The fourth-order valence-corrected chi connectivity index (χ4v) is 2.84. The molecular weight excluding hydrogens is 378 g/mol. The van der Waals surface area contributed by atoms with Crippen LogP contribution in [0.15, 0.2) is 24.3 Å². The van der Waals surface area contributed by atoms with E-state index in [2.05, 4.69) is 25.9 Å². The monoisotopic (exact) mass is 399 g/mol. The van der Waals surface area contributed by atoms with Crippen molar-refractivity contribution in [2.24, 2.45) is 0 Å². The quantitative estimate of drug-likeness (QED) is 0.424. The number of hydrogen-bond acceptors (Lipinski definition) is 9. The van der Waals surface area contributed by atoms with Crippen LogP contribution in [0, 0.1) is 5.41 Å². The van der Waals surface area contributed by atoms with E-state index in [0.29, 0.717) is 37.8 Å². The molecule has 0 spiro atoms. The summed E-state index contributed by atoms with van der Waals surface area (Å²) in [5.74, 6) is -0.661. The molecule has 29 heavy (non-hydrogen) atoms. The van der Waals surface area contributed by atoms with Crippen LogP contribution in [0.4, 0.5) is 5.69 Å². The number of benzene rings is 1. The number of amides is 1. The molecule has 152 valence electrons. The number of rotatable bonds is 5. The van der Waals surface area contributed by atoms with E-state index in [4.69, 9.17) is 14.9 Å². The van der Waals surface area contributed by atoms with Crippen LogP contribution in [0.1, 0.15) is 41.7 Å². The average Bonchev–Trinajstić information content (AvgIpc) is 2.74. The molecule has 11 heteroatoms. The van der Waals surface area contributed by atoms with Gasteiger partial charge in [0.25, 0.3) is 5.91 Å². The van der Waals surface area contributed by atoms with Crippen LogP contribution in [0.25, 0.3) is 0 Å². The van der Waals surface area contributed by atoms with E-state index in [9.17, 15) is 9.59 Å². The van der Waals surface area contributed by atoms with Gasteiger partial charge in [-0.15, -0.1) is 10.2 Å². The zero-order valence-electron chi connectivity index (χ0n) is 16.1. The second-order valence-electron chi connectivity index (χ2n) is 6.34. The van der Waals surface area contributed by atoms with Gasteiger partial charge in [-0.1, -0.05) is 0 Å². The van der Waals surface area contributed by atoms with Gasteiger partial charge in [-0.2, -0.15) is 0 Å². The third-order valence-corrected chi connectivity index (χ3v) is 4.27. The minimum Gasteiger partial charge on any atom is -0.456 e. The largest absolute Gasteiger partial charge is 0.456 e. The molecule has 1 aromatic heterocycles. The van der Waals surface area contributed by atoms with Gasteiger partial charge in [-0.3, -0.25) is 15.0 Å². The normalized spacial score (nSPS) is 14.8. The van der Waals surface area contributed by atoms with Gasteiger partial charge in [0.1, 0.15) is 17.6 Å². The van der Waals surface area contributed by atoms with Crippen LogP contribution >= 0.6 is 0 Å². The fraction of sp³-hybridized carbons (Fsp3) is 0.389. The zero-order valence-corrected chi connectivity index (χ0v) is 16.1. The highest BCUT2D eigenvalue weighted by Crippen LogP contribution is 2.18. The van der Waals surface area contributed by atoms with Crippen LogP contribution < -0.4 is 5.32 Å². The van der Waals surface area contributed by atoms with E-state index in [0.717, 1.165) is 5.56 Å². The standard InChI is InChI=1S/C18H21N7O4/c1-11(29-12(2)26)15-16(22-24-23-21-15)18(27)20-14-5-3-13(4-6-14)17(19)25-7-9-28-10-8-25/h3-6,11,19H,7-10H2,1-2H3,(H,20,27). The van der Waals surface area contributed by atoms with Crippen LogP contribution in [0.5, 0.6) is 0 Å². The third-order valence-electron chi connectivity index (χ3n) is 4.27. The Balaban J connectivity index is 1.70. The lowest BCUT2D eigenvalue weighted by molar-refractivity contribution is -0.146. The molecule has 0 aliphatic carbocycles. The topological polar surface area (TPSA) is 143 Å². The van der Waals surface area contributed by atoms with Crippen molar-refractivity contribution in [3.63, 3.8) is 0 Å². The highest BCUT2D eigenvalue weighted by Gasteiger charge is 2.23. The maximum atomic E-state index is 12.6. The molecule has 3 rings (SSSR count). The Kier molecular flexibility index (Phi) is 6.39. The van der Waals surface area contributed by atoms with E-state index >= 15 is 0 Å². The molecule has 1 atom stereocenters. The Labute approximate surface area is 166 Å². The smallest absolute Gasteiger partial charge is 0.303 e. The zero-order chi connectivity index (χ0) is 20.8. The molecule has 1 unspecified atom stereocenters. The number of aromatic nitrogens is 4. The van der Waals surface area contributed by atoms with Crippen molar-refractivity contribution in [1.82, 2.24) is 25.5 Å². The van der Waals surface area contributed by atoms with Crippen molar-refractivity contribution >= 4 is 23.4 Å². The van der Waals surface area contributed by atoms with Crippen molar-refractivity contribution in [3.8, 4) is 0 Å². The molecule has 2 aromatic rings. The minimum absolute atomic E-state index is 0.0844. The maximum absolute atomic E-state index is 12.6. The van der Waals surface area contributed by atoms with Crippen LogP contribution in [0.3, 0.4) is 0 Å². The van der Waals surface area contributed by atoms with E-state index < -0.39 is 18.0 Å². The van der Waals surface area contributed by atoms with Crippen LogP contribution in [-0.4, -0.2) is 69.5 Å². The first kappa shape index (κ1) is 20.3. The lowest BCUT2D eigenvalue weighted by atomic mass is 10.1. The molecular formula is C18H21N7O4. The number of amidine groups is 1. The summed E-state index contributed by atoms with van der Waals surface area (Å²) in [7, 11) is 0. The molecule has 1 saturated heterocycles. The van der Waals surface area contributed by atoms with Gasteiger partial charge in [0, 0.05) is 31.3 Å². The molecule has 11 nitrogen and oxygen atoms in total. The van der Waals surface area contributed by atoms with Gasteiger partial charge >= 0.3 is 5.97 Å². The van der Waals surface area contributed by atoms with Gasteiger partial charge in [0.05, 0.1) is 13.2 Å². The molecule has 1 fully saturated rings. The summed E-state index contributed by atoms with van der Waals surface area (Å²) >= 11 is 0. The Morgan fingerprint density at radius 2 is 1.83 bits per heavy atom. The molecule has 2 heterocycles. The van der Waals surface area contributed by atoms with Crippen molar-refractivity contribution in [1.29, 1.82) is 5.41 Å². The summed E-state index contributed by atoms with van der Waals surface area (Å²) in [4.78, 5) is 25.7. The molecule has 1 amide bonds. The summed E-state index contributed by atoms with van der Waals surface area (Å²) in [6.07, 6.45) is -0.798. The van der Waals surface area contributed by atoms with Crippen molar-refractivity contribution < 1.29 is 19.1 Å². The summed E-state index contributed by atoms with van der Waals surface area (Å²) in [5.41, 5.74) is 1.27. The number of nitrogens with zero attached hydrogens (tertiary/aromatic N) is 5. The number of nitrogens with one attached hydrogen (secondary N) is 2. The molecule has 1 aromatic carbocycles. The van der Waals surface area contributed by atoms with E-state index in [1.165, 1.54) is 6.92 Å². The Morgan fingerprint density at radius 1 is 1.17 bits per heavy atom. The highest BCUT2D eigenvalue weighted by molar-refractivity contribution is 6.04. The fourth-order valence-electron chi connectivity index (χ4n) is 2.84. The van der Waals surface area contributed by atoms with Crippen LogP contribution in [0.2, 0.25) is 0 Å². The second-order valence-corrected chi connectivity index (χ2v) is 6.34. The van der Waals surface area contributed by atoms with E-state index in [-0.39, 0.29) is 11.4 Å². The Morgan fingerprint density at radius 3 is 2.48 bits per heavy atom. The van der Waals surface area contributed by atoms with Gasteiger partial charge < -0.3 is 19.7 Å². The van der Waals surface area contributed by atoms with Gasteiger partial charge in [0.2, 0.25) is 0 Å². The highest BCUT2D eigenvalue weighted by atomic mass is 16.5. The number of hydrogen-bond donors (Lipinski definition) is 2. The molecule has 0 saturated carbocycles. The first-order valence-electron chi connectivity index (χ1n) is 9.02. The molecule has 1 aliphatic heterocycles. The summed E-state index contributed by atoms with van der Waals surface area (Å²) in [6, 6.07) is 6.90. The maximum Gasteiger partial charge on any atom is 0.303 e. The van der Waals surface area contributed by atoms with Gasteiger partial charge in [-0.25, -0.2) is 0 Å². The Hall–Kier alpha value is -3.47. The van der Waals surface area contributed by atoms with Gasteiger partial charge in [0.15, 0.2) is 5.69 Å². The number of carbonyl (C=O) groups excluding carboxylic acids is 2. The predicted molar refractivity (Wildman–Crippen MR) is 101 cm³/mol. The first-order chi connectivity index (χ1) is 14.0. The molecule has 0 bridgehead atoms. The average molecular weight is 399 g/mol. The SMILES string of the molecule is CC(=O)OC(C)c1nnnnc1C(=O)Nc1ccc(C(=N)N2CCOCC2)cc1. The van der Waals surface area contributed by atoms with Crippen molar-refractivity contribution in [2.75, 3.05) is 31.6 Å². The van der Waals surface area contributed by atoms with Crippen molar-refractivity contribution in [2.45, 2.75) is 20.0 Å². The van der Waals surface area contributed by atoms with Crippen molar-refractivity contribution in [3.05, 3.63) is 41.2 Å². The molecule has 1 aliphatic rings. The summed E-state index contributed by atoms with van der Waals surface area (Å²) < 4.78 is 10.4. The summed E-state index contributed by atoms with van der Waals surface area (Å²) in [5, 5.41) is 25.3. The lowest BCUT2D eigenvalue weighted by Gasteiger charge is -2.29. The van der Waals surface area contributed by atoms with E-state index in [1.807, 2.05) is 4.90 Å². The predicted octanol–water partition coefficient (Wildman–Crippen LogP) is 0.801. The summed E-state index contributed by atoms with van der Waals surface area (Å²) in [6.45, 7) is 5.38. The van der Waals surface area contributed by atoms with Gasteiger partial charge in [-0.05, 0) is 41.6 Å². The lowest BCUT2D eigenvalue weighted by Crippen LogP contribution is -2.40. The number of carbonyl (C=O) groups is 2. The van der Waals surface area contributed by atoms with E-state index in [1.54, 1.807) is 31.2 Å². The molecule has 0 radical (unpaired) electrons. The number of esters is 1. The number of anilines is 1. The number of ether oxygens (including phenoxy) is 2. The molecule has 2 N–H and O–H groups in total. The first-order valence-corrected chi connectivity index (χ1v) is 9.02. The van der Waals surface area contributed by atoms with Crippen LogP contribution in [-0.2, 0) is 14.3 Å². The third kappa shape index (κ3) is 5.08. The second kappa shape index (κ2) is 9.15. The minimum atomic E-state index is -0.798.